The molecule has 0 saturated heterocycles. The van der Waals surface area contributed by atoms with Gasteiger partial charge in [0.2, 0.25) is 0 Å². The van der Waals surface area contributed by atoms with Crippen LogP contribution in [0.1, 0.15) is 23.8 Å². The molecule has 8 heteroatoms. The van der Waals surface area contributed by atoms with Gasteiger partial charge >= 0.3 is 0 Å². The Morgan fingerprint density at radius 3 is 3.12 bits per heavy atom. The van der Waals surface area contributed by atoms with Crippen molar-refractivity contribution >= 4 is 33.1 Å². The Kier molecular flexibility index (Phi) is 3.63. The van der Waals surface area contributed by atoms with Gasteiger partial charge in [-0.25, -0.2) is 14.6 Å². The topological polar surface area (TPSA) is 81.4 Å². The van der Waals surface area contributed by atoms with E-state index in [1.54, 1.807) is 17.3 Å². The van der Waals surface area contributed by atoms with Crippen LogP contribution in [0.3, 0.4) is 0 Å². The van der Waals surface area contributed by atoms with Gasteiger partial charge in [0.05, 0.1) is 11.1 Å². The molecule has 0 bridgehead atoms. The van der Waals surface area contributed by atoms with E-state index >= 15 is 0 Å². The molecule has 0 radical (unpaired) electrons. The standard InChI is InChI=1S/C18H17N7S/c1-11-5-6-14-15(7-11)26-18-16(14)17(19-9-20-18)22-12-3-2-4-13(8-12)25-10-21-23-24-25/h2-4,8-11H,5-7H2,1H3,(H,19,20,22)/t11-/m1/s1. The molecule has 1 N–H and O–H groups in total. The number of nitrogens with one attached hydrogen (secondary N) is 1. The van der Waals surface area contributed by atoms with Gasteiger partial charge in [0.1, 0.15) is 23.3 Å². The second-order valence-corrected chi connectivity index (χ2v) is 7.77. The number of aromatic nitrogens is 6. The summed E-state index contributed by atoms with van der Waals surface area (Å²) in [4.78, 5) is 11.6. The number of benzene rings is 1. The van der Waals surface area contributed by atoms with Gasteiger partial charge in [0, 0.05) is 10.6 Å². The maximum Gasteiger partial charge on any atom is 0.143 e. The van der Waals surface area contributed by atoms with Crippen molar-refractivity contribution in [1.82, 2.24) is 30.2 Å². The van der Waals surface area contributed by atoms with E-state index in [0.717, 1.165) is 40.8 Å². The largest absolute Gasteiger partial charge is 0.340 e. The molecule has 3 aromatic heterocycles. The van der Waals surface area contributed by atoms with Gasteiger partial charge in [0.15, 0.2) is 0 Å². The third-order valence-corrected chi connectivity index (χ3v) is 5.98. The molecule has 0 spiro atoms. The first-order chi connectivity index (χ1) is 12.8. The SMILES string of the molecule is C[C@@H]1CCc2c(sc3ncnc(Nc4cccc(-n5cnnn5)c4)c23)C1. The Labute approximate surface area is 154 Å². The second kappa shape index (κ2) is 6.14. The monoisotopic (exact) mass is 363 g/mol. The zero-order chi connectivity index (χ0) is 17.5. The fraction of sp³-hybridized carbons (Fsp3) is 0.278. The lowest BCUT2D eigenvalue weighted by Crippen LogP contribution is -2.09. The van der Waals surface area contributed by atoms with Gasteiger partial charge in [-0.2, -0.15) is 0 Å². The van der Waals surface area contributed by atoms with Crippen LogP contribution in [0.15, 0.2) is 36.9 Å². The lowest BCUT2D eigenvalue weighted by atomic mass is 9.89. The second-order valence-electron chi connectivity index (χ2n) is 6.68. The van der Waals surface area contributed by atoms with E-state index in [2.05, 4.69) is 37.7 Å². The van der Waals surface area contributed by atoms with Crippen LogP contribution in [-0.4, -0.2) is 30.2 Å². The van der Waals surface area contributed by atoms with Crippen molar-refractivity contribution < 1.29 is 0 Å². The van der Waals surface area contributed by atoms with E-state index in [-0.39, 0.29) is 0 Å². The van der Waals surface area contributed by atoms with Gasteiger partial charge in [0.25, 0.3) is 0 Å². The van der Waals surface area contributed by atoms with E-state index in [9.17, 15) is 0 Å². The fourth-order valence-electron chi connectivity index (χ4n) is 3.51. The van der Waals surface area contributed by atoms with Crippen LogP contribution in [0, 0.1) is 5.92 Å². The van der Waals surface area contributed by atoms with Crippen LogP contribution in [-0.2, 0) is 12.8 Å². The minimum atomic E-state index is 0.743. The molecule has 26 heavy (non-hydrogen) atoms. The molecule has 0 unspecified atom stereocenters. The Morgan fingerprint density at radius 2 is 2.23 bits per heavy atom. The summed E-state index contributed by atoms with van der Waals surface area (Å²) in [5.74, 6) is 1.61. The van der Waals surface area contributed by atoms with Crippen molar-refractivity contribution in [2.75, 3.05) is 5.32 Å². The van der Waals surface area contributed by atoms with Crippen LogP contribution in [0.5, 0.6) is 0 Å². The predicted molar refractivity (Wildman–Crippen MR) is 101 cm³/mol. The van der Waals surface area contributed by atoms with Crippen molar-refractivity contribution in [2.45, 2.75) is 26.2 Å². The zero-order valence-electron chi connectivity index (χ0n) is 14.3. The Bertz CT molecular complexity index is 1070. The van der Waals surface area contributed by atoms with Crippen LogP contribution < -0.4 is 5.32 Å². The molecule has 7 nitrogen and oxygen atoms in total. The van der Waals surface area contributed by atoms with Crippen LogP contribution >= 0.6 is 11.3 Å². The highest BCUT2D eigenvalue weighted by atomic mass is 32.1. The van der Waals surface area contributed by atoms with Crippen molar-refractivity contribution in [3.63, 3.8) is 0 Å². The van der Waals surface area contributed by atoms with Gasteiger partial charge in [-0.15, -0.1) is 16.4 Å². The first-order valence-electron chi connectivity index (χ1n) is 8.63. The van der Waals surface area contributed by atoms with E-state index in [0.29, 0.717) is 0 Å². The van der Waals surface area contributed by atoms with E-state index in [1.165, 1.54) is 22.2 Å². The lowest BCUT2D eigenvalue weighted by molar-refractivity contribution is 0.509. The first kappa shape index (κ1) is 15.4. The highest BCUT2D eigenvalue weighted by Gasteiger charge is 2.23. The van der Waals surface area contributed by atoms with Gasteiger partial charge < -0.3 is 5.32 Å². The number of tetrazole rings is 1. The summed E-state index contributed by atoms with van der Waals surface area (Å²) in [6, 6.07) is 7.96. The smallest absolute Gasteiger partial charge is 0.143 e. The lowest BCUT2D eigenvalue weighted by Gasteiger charge is -2.18. The van der Waals surface area contributed by atoms with Crippen molar-refractivity contribution in [3.8, 4) is 5.69 Å². The predicted octanol–water partition coefficient (Wildman–Crippen LogP) is 3.54. The summed E-state index contributed by atoms with van der Waals surface area (Å²) in [6.45, 7) is 2.32. The van der Waals surface area contributed by atoms with E-state index in [4.69, 9.17) is 0 Å². The van der Waals surface area contributed by atoms with E-state index < -0.39 is 0 Å². The Morgan fingerprint density at radius 1 is 1.27 bits per heavy atom. The minimum Gasteiger partial charge on any atom is -0.340 e. The van der Waals surface area contributed by atoms with Gasteiger partial charge in [-0.3, -0.25) is 0 Å². The number of rotatable bonds is 3. The summed E-state index contributed by atoms with van der Waals surface area (Å²) in [7, 11) is 0. The highest BCUT2D eigenvalue weighted by Crippen LogP contribution is 2.40. The molecular weight excluding hydrogens is 346 g/mol. The molecule has 0 fully saturated rings. The summed E-state index contributed by atoms with van der Waals surface area (Å²) in [6.07, 6.45) is 6.69. The summed E-state index contributed by atoms with van der Waals surface area (Å²) in [5.41, 5.74) is 3.26. The van der Waals surface area contributed by atoms with Crippen molar-refractivity contribution in [2.24, 2.45) is 5.92 Å². The number of fused-ring (bicyclic) bond motifs is 3. The molecule has 1 aromatic carbocycles. The number of nitrogens with zero attached hydrogens (tertiary/aromatic N) is 6. The third-order valence-electron chi connectivity index (χ3n) is 4.81. The number of hydrogen-bond acceptors (Lipinski definition) is 7. The summed E-state index contributed by atoms with van der Waals surface area (Å²) >= 11 is 1.81. The highest BCUT2D eigenvalue weighted by molar-refractivity contribution is 7.19. The molecule has 130 valence electrons. The molecule has 0 aliphatic heterocycles. The molecule has 1 aliphatic carbocycles. The number of aryl methyl sites for hydroxylation is 1. The van der Waals surface area contributed by atoms with Crippen LogP contribution in [0.4, 0.5) is 11.5 Å². The fourth-order valence-corrected chi connectivity index (χ4v) is 4.86. The average Bonchev–Trinajstić information content (AvgIpc) is 3.29. The van der Waals surface area contributed by atoms with Crippen molar-refractivity contribution in [1.29, 1.82) is 0 Å². The Hall–Kier alpha value is -2.87. The average molecular weight is 363 g/mol. The summed E-state index contributed by atoms with van der Waals surface area (Å²) < 4.78 is 1.63. The van der Waals surface area contributed by atoms with Crippen molar-refractivity contribution in [3.05, 3.63) is 47.4 Å². The minimum absolute atomic E-state index is 0.743. The molecular formula is C18H17N7S. The van der Waals surface area contributed by atoms with Gasteiger partial charge in [-0.05, 0) is 59.4 Å². The molecule has 5 rings (SSSR count). The number of thiophene rings is 1. The van der Waals surface area contributed by atoms with Gasteiger partial charge in [-0.1, -0.05) is 13.0 Å². The molecule has 0 amide bonds. The zero-order valence-corrected chi connectivity index (χ0v) is 15.1. The molecule has 3 heterocycles. The van der Waals surface area contributed by atoms with E-state index in [1.807, 2.05) is 35.6 Å². The Balaban J connectivity index is 1.55. The first-order valence-corrected chi connectivity index (χ1v) is 9.45. The third kappa shape index (κ3) is 2.62. The maximum absolute atomic E-state index is 4.53. The normalized spacial score (nSPS) is 16.6. The maximum atomic E-state index is 4.53. The molecule has 0 saturated carbocycles. The molecule has 1 aliphatic rings. The number of anilines is 2. The van der Waals surface area contributed by atoms with Crippen LogP contribution in [0.25, 0.3) is 15.9 Å². The molecule has 1 atom stereocenters. The summed E-state index contributed by atoms with van der Waals surface area (Å²) in [5, 5.41) is 16.0. The quantitative estimate of drug-likeness (QED) is 0.600. The van der Waals surface area contributed by atoms with Crippen LogP contribution in [0.2, 0.25) is 0 Å². The number of hydrogen-bond donors (Lipinski definition) is 1. The molecule has 4 aromatic rings.